The van der Waals surface area contributed by atoms with Gasteiger partial charge < -0.3 is 14.8 Å². The van der Waals surface area contributed by atoms with Gasteiger partial charge in [-0.05, 0) is 33.6 Å². The molecule has 0 saturated heterocycles. The lowest BCUT2D eigenvalue weighted by Crippen LogP contribution is -2.41. The summed E-state index contributed by atoms with van der Waals surface area (Å²) in [6.07, 6.45) is 2.41. The topological polar surface area (TPSA) is 30.5 Å². The van der Waals surface area contributed by atoms with Crippen LogP contribution in [0.5, 0.6) is 0 Å². The average molecular weight is 231 g/mol. The molecule has 0 aromatic rings. The molecule has 1 N–H and O–H groups in total. The first-order chi connectivity index (χ1) is 7.49. The first kappa shape index (κ1) is 15.9. The van der Waals surface area contributed by atoms with Crippen molar-refractivity contribution in [3.8, 4) is 0 Å². The fourth-order valence-corrected chi connectivity index (χ4v) is 1.26. The Morgan fingerprint density at radius 1 is 1.06 bits per heavy atom. The van der Waals surface area contributed by atoms with E-state index >= 15 is 0 Å². The molecule has 0 amide bonds. The fourth-order valence-electron chi connectivity index (χ4n) is 1.26. The highest BCUT2D eigenvalue weighted by Crippen LogP contribution is 2.02. The predicted octanol–water partition coefficient (Wildman–Crippen LogP) is 2.60. The smallest absolute Gasteiger partial charge is 0.0704 e. The largest absolute Gasteiger partial charge is 0.379 e. The van der Waals surface area contributed by atoms with Gasteiger partial charge in [0.05, 0.1) is 19.3 Å². The molecule has 16 heavy (non-hydrogen) atoms. The van der Waals surface area contributed by atoms with Gasteiger partial charge in [0.1, 0.15) is 0 Å². The Morgan fingerprint density at radius 2 is 1.75 bits per heavy atom. The van der Waals surface area contributed by atoms with Crippen LogP contribution in [0.3, 0.4) is 0 Å². The van der Waals surface area contributed by atoms with Crippen molar-refractivity contribution in [2.24, 2.45) is 0 Å². The van der Waals surface area contributed by atoms with E-state index in [2.05, 4.69) is 39.9 Å². The first-order valence-electron chi connectivity index (χ1n) is 6.44. The molecule has 0 fully saturated rings. The fraction of sp³-hybridized carbons (Fsp3) is 1.00. The highest BCUT2D eigenvalue weighted by atomic mass is 16.5. The van der Waals surface area contributed by atoms with Gasteiger partial charge in [0.2, 0.25) is 0 Å². The predicted molar refractivity (Wildman–Crippen MR) is 68.9 cm³/mol. The summed E-state index contributed by atoms with van der Waals surface area (Å²) in [5, 5.41) is 3.46. The van der Waals surface area contributed by atoms with Crippen molar-refractivity contribution in [3.63, 3.8) is 0 Å². The lowest BCUT2D eigenvalue weighted by Gasteiger charge is -2.24. The lowest BCUT2D eigenvalue weighted by molar-refractivity contribution is 0.00183. The van der Waals surface area contributed by atoms with Crippen LogP contribution in [0.2, 0.25) is 0 Å². The molecule has 0 aromatic heterocycles. The Bertz CT molecular complexity index is 155. The molecule has 1 unspecified atom stereocenters. The molecule has 0 aliphatic heterocycles. The van der Waals surface area contributed by atoms with Crippen LogP contribution < -0.4 is 5.32 Å². The minimum absolute atomic E-state index is 0.162. The molecule has 0 aromatic carbocycles. The van der Waals surface area contributed by atoms with Gasteiger partial charge in [0.25, 0.3) is 0 Å². The average Bonchev–Trinajstić information content (AvgIpc) is 2.21. The minimum Gasteiger partial charge on any atom is -0.379 e. The number of hydrogen-bond acceptors (Lipinski definition) is 3. The molecule has 98 valence electrons. The van der Waals surface area contributed by atoms with Crippen LogP contribution in [0.25, 0.3) is 0 Å². The normalized spacial score (nSPS) is 14.1. The molecular formula is C13H29NO2. The zero-order chi connectivity index (χ0) is 12.4. The van der Waals surface area contributed by atoms with Crippen molar-refractivity contribution in [2.45, 2.75) is 59.1 Å². The summed E-state index contributed by atoms with van der Waals surface area (Å²) in [6, 6.07) is 0. The van der Waals surface area contributed by atoms with Crippen LogP contribution in [0.4, 0.5) is 0 Å². The summed E-state index contributed by atoms with van der Waals surface area (Å²) in [6.45, 7) is 13.9. The molecule has 0 heterocycles. The van der Waals surface area contributed by atoms with E-state index in [1.165, 1.54) is 0 Å². The number of ether oxygens (including phenoxy) is 2. The summed E-state index contributed by atoms with van der Waals surface area (Å²) >= 11 is 0. The van der Waals surface area contributed by atoms with Gasteiger partial charge in [-0.1, -0.05) is 13.8 Å². The van der Waals surface area contributed by atoms with Gasteiger partial charge in [0, 0.05) is 18.7 Å². The van der Waals surface area contributed by atoms with E-state index in [0.717, 1.165) is 26.0 Å². The monoisotopic (exact) mass is 231 g/mol. The van der Waals surface area contributed by atoms with Crippen LogP contribution in [-0.4, -0.2) is 38.0 Å². The van der Waals surface area contributed by atoms with E-state index in [1.54, 1.807) is 0 Å². The van der Waals surface area contributed by atoms with Gasteiger partial charge in [0.15, 0.2) is 0 Å². The van der Waals surface area contributed by atoms with Crippen molar-refractivity contribution in [1.82, 2.24) is 5.32 Å². The van der Waals surface area contributed by atoms with Crippen LogP contribution in [0.15, 0.2) is 0 Å². The van der Waals surface area contributed by atoms with Crippen molar-refractivity contribution in [2.75, 3.05) is 26.4 Å². The first-order valence-corrected chi connectivity index (χ1v) is 6.44. The third-order valence-corrected chi connectivity index (χ3v) is 2.25. The second kappa shape index (κ2) is 8.97. The highest BCUT2D eigenvalue weighted by Gasteiger charge is 2.12. The number of nitrogens with one attached hydrogen (secondary N) is 1. The summed E-state index contributed by atoms with van der Waals surface area (Å²) in [5.41, 5.74) is 0.162. The van der Waals surface area contributed by atoms with E-state index in [1.807, 2.05) is 0 Å². The maximum Gasteiger partial charge on any atom is 0.0704 e. The quantitative estimate of drug-likeness (QED) is 0.619. The molecule has 3 nitrogen and oxygen atoms in total. The summed E-state index contributed by atoms with van der Waals surface area (Å²) < 4.78 is 11.1. The highest BCUT2D eigenvalue weighted by molar-refractivity contribution is 4.72. The zero-order valence-electron chi connectivity index (χ0n) is 11.6. The molecule has 0 aliphatic carbocycles. The molecule has 0 bridgehead atoms. The van der Waals surface area contributed by atoms with E-state index < -0.39 is 0 Å². The minimum atomic E-state index is 0.162. The Hall–Kier alpha value is -0.120. The molecule has 3 heteroatoms. The van der Waals surface area contributed by atoms with Crippen molar-refractivity contribution >= 4 is 0 Å². The molecule has 0 rings (SSSR count). The van der Waals surface area contributed by atoms with Crippen LogP contribution in [0.1, 0.15) is 47.5 Å². The van der Waals surface area contributed by atoms with Crippen molar-refractivity contribution < 1.29 is 9.47 Å². The van der Waals surface area contributed by atoms with E-state index in [-0.39, 0.29) is 5.54 Å². The Balaban J connectivity index is 3.52. The van der Waals surface area contributed by atoms with Gasteiger partial charge >= 0.3 is 0 Å². The van der Waals surface area contributed by atoms with Crippen LogP contribution >= 0.6 is 0 Å². The van der Waals surface area contributed by atoms with Gasteiger partial charge in [-0.3, -0.25) is 0 Å². The number of hydrogen-bond donors (Lipinski definition) is 1. The van der Waals surface area contributed by atoms with E-state index in [9.17, 15) is 0 Å². The summed E-state index contributed by atoms with van der Waals surface area (Å²) in [7, 11) is 0. The Labute approximate surface area is 101 Å². The van der Waals surface area contributed by atoms with E-state index in [0.29, 0.717) is 19.3 Å². The second-order valence-electron chi connectivity index (χ2n) is 5.14. The van der Waals surface area contributed by atoms with Gasteiger partial charge in [-0.2, -0.15) is 0 Å². The maximum atomic E-state index is 5.75. The van der Waals surface area contributed by atoms with Gasteiger partial charge in [-0.25, -0.2) is 0 Å². The molecule has 0 spiro atoms. The van der Waals surface area contributed by atoms with E-state index in [4.69, 9.17) is 9.47 Å². The third-order valence-electron chi connectivity index (χ3n) is 2.25. The van der Waals surface area contributed by atoms with Gasteiger partial charge in [-0.15, -0.1) is 0 Å². The standard InChI is InChI=1S/C13H29NO2/c1-6-8-15-9-10-16-12(7-2)11-14-13(3,4)5/h12,14H,6-11H2,1-5H3. The molecule has 0 radical (unpaired) electrons. The summed E-state index contributed by atoms with van der Waals surface area (Å²) in [4.78, 5) is 0. The van der Waals surface area contributed by atoms with Crippen molar-refractivity contribution in [3.05, 3.63) is 0 Å². The lowest BCUT2D eigenvalue weighted by atomic mass is 10.1. The van der Waals surface area contributed by atoms with Crippen LogP contribution in [0, 0.1) is 0 Å². The molecule has 0 saturated carbocycles. The molecule has 0 aliphatic rings. The SMILES string of the molecule is CCCOCCOC(CC)CNC(C)(C)C. The van der Waals surface area contributed by atoms with Crippen LogP contribution in [-0.2, 0) is 9.47 Å². The zero-order valence-corrected chi connectivity index (χ0v) is 11.6. The molecule has 1 atom stereocenters. The Kier molecular flexibility index (Phi) is 8.90. The van der Waals surface area contributed by atoms with Crippen molar-refractivity contribution in [1.29, 1.82) is 0 Å². The Morgan fingerprint density at radius 3 is 2.25 bits per heavy atom. The maximum absolute atomic E-state index is 5.75. The third kappa shape index (κ3) is 10.4. The number of rotatable bonds is 9. The molecular weight excluding hydrogens is 202 g/mol. The second-order valence-corrected chi connectivity index (χ2v) is 5.14. The summed E-state index contributed by atoms with van der Waals surface area (Å²) in [5.74, 6) is 0.